The quantitative estimate of drug-likeness (QED) is 0.422. The van der Waals surface area contributed by atoms with Gasteiger partial charge in [-0.05, 0) is 83.5 Å². The largest absolute Gasteiger partial charge is 0.497 e. The maximum absolute atomic E-state index is 13.8. The Morgan fingerprint density at radius 1 is 1.06 bits per heavy atom. The van der Waals surface area contributed by atoms with E-state index in [-0.39, 0.29) is 11.9 Å². The number of aryl methyl sites for hydroxylation is 1. The number of halogens is 2. The van der Waals surface area contributed by atoms with E-state index < -0.39 is 0 Å². The maximum Gasteiger partial charge on any atom is 0.256 e. The molecule has 0 saturated heterocycles. The lowest BCUT2D eigenvalue weighted by Gasteiger charge is -2.38. The van der Waals surface area contributed by atoms with Crippen LogP contribution in [0, 0.1) is 6.92 Å². The van der Waals surface area contributed by atoms with Crippen LogP contribution in [-0.2, 0) is 6.42 Å². The van der Waals surface area contributed by atoms with E-state index in [2.05, 4.69) is 24.3 Å². The van der Waals surface area contributed by atoms with Crippen LogP contribution in [0.1, 0.15) is 45.1 Å². The van der Waals surface area contributed by atoms with Gasteiger partial charge in [0.15, 0.2) is 0 Å². The minimum Gasteiger partial charge on any atom is -0.497 e. The molecule has 1 aliphatic heterocycles. The van der Waals surface area contributed by atoms with Gasteiger partial charge in [-0.3, -0.25) is 4.79 Å². The molecule has 0 spiro atoms. The molecule has 1 heterocycles. The number of hydrogen-bond acceptors (Lipinski definition) is 2. The first-order chi connectivity index (χ1) is 15.5. The van der Waals surface area contributed by atoms with Crippen molar-refractivity contribution in [1.82, 2.24) is 4.90 Å². The highest BCUT2D eigenvalue weighted by Gasteiger charge is 2.38. The molecule has 3 aromatic rings. The Hall–Kier alpha value is -2.75. The van der Waals surface area contributed by atoms with Crippen LogP contribution in [0.15, 0.2) is 66.2 Å². The normalized spacial score (nSPS) is 17.2. The standard InChI is InChI=1S/C27H23Cl2NO2/c1-16-4-3-5-24(29)25(16)27(31)30-13-12-21-22-15-19(28)9-6-18(22)14-23(21)26(30)17-7-10-20(32-2)11-8-17/h3-11,15,26H,12-14H2,1-2H3. The molecule has 0 saturated carbocycles. The topological polar surface area (TPSA) is 29.5 Å². The van der Waals surface area contributed by atoms with Gasteiger partial charge in [-0.25, -0.2) is 0 Å². The van der Waals surface area contributed by atoms with Crippen molar-refractivity contribution in [3.8, 4) is 5.75 Å². The first-order valence-corrected chi connectivity index (χ1v) is 11.4. The molecule has 0 radical (unpaired) electrons. The number of nitrogens with zero attached hydrogens (tertiary/aromatic N) is 1. The summed E-state index contributed by atoms with van der Waals surface area (Å²) in [5, 5.41) is 1.23. The molecular formula is C27H23Cl2NO2. The SMILES string of the molecule is COc1ccc(C2C3=C(CCN2C(=O)c2c(C)cccc2Cl)c2cc(Cl)ccc2C3)cc1. The van der Waals surface area contributed by atoms with E-state index in [0.717, 1.165) is 34.7 Å². The summed E-state index contributed by atoms with van der Waals surface area (Å²) in [5.74, 6) is 0.759. The van der Waals surface area contributed by atoms with Gasteiger partial charge in [0.1, 0.15) is 5.75 Å². The summed E-state index contributed by atoms with van der Waals surface area (Å²) in [7, 11) is 1.66. The first kappa shape index (κ1) is 21.1. The minimum absolute atomic E-state index is 0.0329. The summed E-state index contributed by atoms with van der Waals surface area (Å²) in [4.78, 5) is 15.8. The zero-order valence-electron chi connectivity index (χ0n) is 18.0. The number of amides is 1. The molecule has 1 aliphatic carbocycles. The van der Waals surface area contributed by atoms with Gasteiger partial charge in [-0.2, -0.15) is 0 Å². The predicted octanol–water partition coefficient (Wildman–Crippen LogP) is 6.91. The fourth-order valence-electron chi connectivity index (χ4n) is 5.01. The van der Waals surface area contributed by atoms with Crippen molar-refractivity contribution >= 4 is 34.7 Å². The van der Waals surface area contributed by atoms with Crippen molar-refractivity contribution in [3.05, 3.63) is 104 Å². The van der Waals surface area contributed by atoms with E-state index in [0.29, 0.717) is 17.1 Å². The van der Waals surface area contributed by atoms with E-state index in [1.165, 1.54) is 22.3 Å². The molecule has 1 atom stereocenters. The van der Waals surface area contributed by atoms with Crippen molar-refractivity contribution in [1.29, 1.82) is 0 Å². The smallest absolute Gasteiger partial charge is 0.256 e. The monoisotopic (exact) mass is 463 g/mol. The Morgan fingerprint density at radius 3 is 2.56 bits per heavy atom. The van der Waals surface area contributed by atoms with Gasteiger partial charge in [-0.15, -0.1) is 0 Å². The molecular weight excluding hydrogens is 441 g/mol. The Labute approximate surface area is 198 Å². The number of hydrogen-bond donors (Lipinski definition) is 0. The van der Waals surface area contributed by atoms with Gasteiger partial charge in [-0.1, -0.05) is 53.5 Å². The van der Waals surface area contributed by atoms with E-state index >= 15 is 0 Å². The Morgan fingerprint density at radius 2 is 1.84 bits per heavy atom. The molecule has 5 heteroatoms. The van der Waals surface area contributed by atoms with Crippen LogP contribution < -0.4 is 4.74 Å². The first-order valence-electron chi connectivity index (χ1n) is 10.7. The molecule has 1 unspecified atom stereocenters. The molecule has 1 amide bonds. The zero-order chi connectivity index (χ0) is 22.4. The lowest BCUT2D eigenvalue weighted by molar-refractivity contribution is 0.0697. The van der Waals surface area contributed by atoms with E-state index in [1.807, 2.05) is 42.2 Å². The number of benzene rings is 3. The van der Waals surface area contributed by atoms with Crippen LogP contribution in [0.25, 0.3) is 5.57 Å². The second-order valence-electron chi connectivity index (χ2n) is 8.34. The fourth-order valence-corrected chi connectivity index (χ4v) is 5.48. The lowest BCUT2D eigenvalue weighted by atomic mass is 9.87. The molecule has 3 aromatic carbocycles. The van der Waals surface area contributed by atoms with Crippen molar-refractivity contribution < 1.29 is 9.53 Å². The number of fused-ring (bicyclic) bond motifs is 2. The van der Waals surface area contributed by atoms with Crippen molar-refractivity contribution in [3.63, 3.8) is 0 Å². The Kier molecular flexibility index (Phi) is 5.48. The third-order valence-corrected chi connectivity index (χ3v) is 7.09. The molecule has 162 valence electrons. The summed E-state index contributed by atoms with van der Waals surface area (Å²) in [6.45, 7) is 2.55. The van der Waals surface area contributed by atoms with Crippen LogP contribution in [0.4, 0.5) is 0 Å². The van der Waals surface area contributed by atoms with Crippen molar-refractivity contribution in [2.45, 2.75) is 25.8 Å². The molecule has 0 aromatic heterocycles. The summed E-state index contributed by atoms with van der Waals surface area (Å²) in [6, 6.07) is 19.5. The second-order valence-corrected chi connectivity index (χ2v) is 9.18. The molecule has 5 rings (SSSR count). The minimum atomic E-state index is -0.168. The summed E-state index contributed by atoms with van der Waals surface area (Å²) in [5.41, 5.74) is 7.58. The van der Waals surface area contributed by atoms with Crippen LogP contribution in [0.5, 0.6) is 5.75 Å². The second kappa shape index (κ2) is 8.31. The summed E-state index contributed by atoms with van der Waals surface area (Å²) >= 11 is 12.8. The Balaban J connectivity index is 1.63. The highest BCUT2D eigenvalue weighted by molar-refractivity contribution is 6.34. The van der Waals surface area contributed by atoms with Gasteiger partial charge in [0.05, 0.1) is 23.7 Å². The highest BCUT2D eigenvalue weighted by atomic mass is 35.5. The average Bonchev–Trinajstić information content (AvgIpc) is 3.16. The van der Waals surface area contributed by atoms with Crippen LogP contribution in [-0.4, -0.2) is 24.5 Å². The van der Waals surface area contributed by atoms with Gasteiger partial charge < -0.3 is 9.64 Å². The number of carbonyl (C=O) groups is 1. The van der Waals surface area contributed by atoms with Crippen LogP contribution in [0.2, 0.25) is 10.0 Å². The predicted molar refractivity (Wildman–Crippen MR) is 130 cm³/mol. The number of methoxy groups -OCH3 is 1. The van der Waals surface area contributed by atoms with Crippen molar-refractivity contribution in [2.24, 2.45) is 0 Å². The number of carbonyl (C=O) groups excluding carboxylic acids is 1. The van der Waals surface area contributed by atoms with Crippen LogP contribution in [0.3, 0.4) is 0 Å². The molecule has 2 aliphatic rings. The van der Waals surface area contributed by atoms with Crippen LogP contribution >= 0.6 is 23.2 Å². The number of rotatable bonds is 3. The molecule has 0 N–H and O–H groups in total. The third kappa shape index (κ3) is 3.50. The third-order valence-electron chi connectivity index (χ3n) is 6.54. The summed E-state index contributed by atoms with van der Waals surface area (Å²) in [6.07, 6.45) is 1.61. The molecule has 0 fully saturated rings. The van der Waals surface area contributed by atoms with E-state index in [1.54, 1.807) is 13.2 Å². The fraction of sp³-hybridized carbons (Fsp3) is 0.222. The molecule has 0 bridgehead atoms. The number of ether oxygens (including phenoxy) is 1. The maximum atomic E-state index is 13.8. The highest BCUT2D eigenvalue weighted by Crippen LogP contribution is 2.48. The summed E-state index contributed by atoms with van der Waals surface area (Å²) < 4.78 is 5.36. The lowest BCUT2D eigenvalue weighted by Crippen LogP contribution is -2.39. The van der Waals surface area contributed by atoms with Gasteiger partial charge in [0, 0.05) is 11.6 Å². The van der Waals surface area contributed by atoms with Gasteiger partial charge in [0.2, 0.25) is 0 Å². The molecule has 32 heavy (non-hydrogen) atoms. The Bertz CT molecular complexity index is 1230. The van der Waals surface area contributed by atoms with Gasteiger partial charge in [0.25, 0.3) is 5.91 Å². The molecule has 3 nitrogen and oxygen atoms in total. The van der Waals surface area contributed by atoms with Crippen molar-refractivity contribution in [2.75, 3.05) is 13.7 Å². The zero-order valence-corrected chi connectivity index (χ0v) is 19.5. The van der Waals surface area contributed by atoms with E-state index in [4.69, 9.17) is 27.9 Å². The van der Waals surface area contributed by atoms with Gasteiger partial charge >= 0.3 is 0 Å². The average molecular weight is 464 g/mol. The van der Waals surface area contributed by atoms with E-state index in [9.17, 15) is 4.79 Å².